The number of hydrogen-bond acceptors (Lipinski definition) is 3. The first-order valence-corrected chi connectivity index (χ1v) is 4.41. The van der Waals surface area contributed by atoms with E-state index in [1.165, 1.54) is 12.5 Å². The van der Waals surface area contributed by atoms with Crippen LogP contribution in [0, 0.1) is 17.4 Å². The largest absolute Gasteiger partial charge is 0.483 e. The number of nitrogens with zero attached hydrogens (tertiary/aromatic N) is 2. The average molecular weight is 208 g/mol. The van der Waals surface area contributed by atoms with Gasteiger partial charge in [-0.05, 0) is 19.1 Å². The molecule has 0 N–H and O–H groups in total. The van der Waals surface area contributed by atoms with E-state index in [0.717, 1.165) is 0 Å². The SMILES string of the molecule is CCO/C=N/c1c[c]c(Cl)cc1C#N. The van der Waals surface area contributed by atoms with Crippen molar-refractivity contribution in [3.8, 4) is 6.07 Å². The number of benzene rings is 1. The first-order valence-electron chi connectivity index (χ1n) is 4.03. The van der Waals surface area contributed by atoms with Crippen molar-refractivity contribution < 1.29 is 4.74 Å². The van der Waals surface area contributed by atoms with Gasteiger partial charge >= 0.3 is 0 Å². The van der Waals surface area contributed by atoms with Gasteiger partial charge in [-0.25, -0.2) is 4.99 Å². The highest BCUT2D eigenvalue weighted by molar-refractivity contribution is 6.30. The summed E-state index contributed by atoms with van der Waals surface area (Å²) in [5, 5.41) is 9.16. The molecule has 0 bridgehead atoms. The van der Waals surface area contributed by atoms with Crippen LogP contribution < -0.4 is 0 Å². The van der Waals surface area contributed by atoms with Crippen LogP contribution in [0.4, 0.5) is 5.69 Å². The highest BCUT2D eigenvalue weighted by Gasteiger charge is 2.00. The Hall–Kier alpha value is -1.53. The minimum Gasteiger partial charge on any atom is -0.483 e. The van der Waals surface area contributed by atoms with Gasteiger partial charge in [-0.2, -0.15) is 5.26 Å². The maximum atomic E-state index is 8.76. The highest BCUT2D eigenvalue weighted by atomic mass is 35.5. The highest BCUT2D eigenvalue weighted by Crippen LogP contribution is 2.21. The van der Waals surface area contributed by atoms with E-state index in [4.69, 9.17) is 21.6 Å². The molecule has 14 heavy (non-hydrogen) atoms. The lowest BCUT2D eigenvalue weighted by molar-refractivity contribution is 0.344. The smallest absolute Gasteiger partial charge is 0.174 e. The first-order chi connectivity index (χ1) is 6.77. The molecule has 0 aliphatic carbocycles. The van der Waals surface area contributed by atoms with Gasteiger partial charge < -0.3 is 4.74 Å². The third-order valence-electron chi connectivity index (χ3n) is 1.45. The van der Waals surface area contributed by atoms with E-state index in [2.05, 4.69) is 11.1 Å². The zero-order valence-corrected chi connectivity index (χ0v) is 8.38. The number of rotatable bonds is 3. The Labute approximate surface area is 87.6 Å². The minimum atomic E-state index is 0.400. The van der Waals surface area contributed by atoms with Gasteiger partial charge in [0.05, 0.1) is 17.9 Å². The van der Waals surface area contributed by atoms with Gasteiger partial charge in [0.15, 0.2) is 6.40 Å². The number of halogens is 1. The molecule has 3 nitrogen and oxygen atoms in total. The summed E-state index contributed by atoms with van der Waals surface area (Å²) in [4.78, 5) is 3.95. The lowest BCUT2D eigenvalue weighted by Crippen LogP contribution is -1.85. The molecule has 0 unspecified atom stereocenters. The molecule has 71 valence electrons. The van der Waals surface area contributed by atoms with E-state index in [1.54, 1.807) is 6.07 Å². The lowest BCUT2D eigenvalue weighted by Gasteiger charge is -1.97. The Morgan fingerprint density at radius 3 is 3.21 bits per heavy atom. The Morgan fingerprint density at radius 1 is 1.79 bits per heavy atom. The van der Waals surface area contributed by atoms with Crippen LogP contribution in [0.25, 0.3) is 0 Å². The Bertz CT molecular complexity index is 382. The zero-order chi connectivity index (χ0) is 10.4. The molecule has 0 saturated carbocycles. The summed E-state index contributed by atoms with van der Waals surface area (Å²) in [5.74, 6) is 0. The predicted molar refractivity (Wildman–Crippen MR) is 54.8 cm³/mol. The summed E-state index contributed by atoms with van der Waals surface area (Å²) in [5.41, 5.74) is 0.912. The topological polar surface area (TPSA) is 45.4 Å². The molecule has 4 heteroatoms. The molecule has 0 atom stereocenters. The fourth-order valence-electron chi connectivity index (χ4n) is 0.822. The summed E-state index contributed by atoms with van der Waals surface area (Å²) in [6, 6.07) is 7.80. The second-order valence-electron chi connectivity index (χ2n) is 2.38. The van der Waals surface area contributed by atoms with Gasteiger partial charge in [0.25, 0.3) is 0 Å². The van der Waals surface area contributed by atoms with Crippen molar-refractivity contribution in [2.24, 2.45) is 4.99 Å². The molecule has 0 amide bonds. The minimum absolute atomic E-state index is 0.400. The van der Waals surface area contributed by atoms with Gasteiger partial charge in [-0.3, -0.25) is 0 Å². The van der Waals surface area contributed by atoms with E-state index in [1.807, 2.05) is 13.0 Å². The van der Waals surface area contributed by atoms with Crippen LogP contribution in [0.5, 0.6) is 0 Å². The van der Waals surface area contributed by atoms with E-state index < -0.39 is 0 Å². The monoisotopic (exact) mass is 207 g/mol. The second kappa shape index (κ2) is 5.25. The molecule has 0 aliphatic heterocycles. The molecule has 0 saturated heterocycles. The molecule has 1 rings (SSSR count). The fraction of sp³-hybridized carbons (Fsp3) is 0.200. The summed E-state index contributed by atoms with van der Waals surface area (Å²) in [7, 11) is 0. The van der Waals surface area contributed by atoms with Gasteiger partial charge in [-0.15, -0.1) is 0 Å². The van der Waals surface area contributed by atoms with Gasteiger partial charge in [-0.1, -0.05) is 11.6 Å². The molecule has 0 aliphatic rings. The second-order valence-corrected chi connectivity index (χ2v) is 2.79. The van der Waals surface area contributed by atoms with E-state index >= 15 is 0 Å². The first kappa shape index (κ1) is 10.6. The van der Waals surface area contributed by atoms with Crippen molar-refractivity contribution in [3.05, 3.63) is 28.8 Å². The molecular weight excluding hydrogens is 200 g/mol. The van der Waals surface area contributed by atoms with Crippen LogP contribution in [-0.2, 0) is 4.74 Å². The molecule has 1 aromatic rings. The third-order valence-corrected chi connectivity index (χ3v) is 1.67. The van der Waals surface area contributed by atoms with Crippen LogP contribution in [0.2, 0.25) is 5.02 Å². The Balaban J connectivity index is 2.92. The van der Waals surface area contributed by atoms with Crippen molar-refractivity contribution >= 4 is 23.7 Å². The van der Waals surface area contributed by atoms with Crippen molar-refractivity contribution in [3.63, 3.8) is 0 Å². The molecule has 1 radical (unpaired) electrons. The van der Waals surface area contributed by atoms with Crippen LogP contribution >= 0.6 is 11.6 Å². The quantitative estimate of drug-likeness (QED) is 0.565. The van der Waals surface area contributed by atoms with Crippen molar-refractivity contribution in [1.82, 2.24) is 0 Å². The van der Waals surface area contributed by atoms with Gasteiger partial charge in [0.1, 0.15) is 6.07 Å². The van der Waals surface area contributed by atoms with Crippen molar-refractivity contribution in [1.29, 1.82) is 5.26 Å². The standard InChI is InChI=1S/C10H8ClN2O/c1-2-14-7-13-10-4-3-9(11)5-8(10)6-12/h4-5,7H,2H2,1H3/b13-7+. The average Bonchev–Trinajstić information content (AvgIpc) is 2.20. The number of aliphatic imine (C=N–C) groups is 1. The molecule has 0 spiro atoms. The lowest BCUT2D eigenvalue weighted by atomic mass is 10.2. The third kappa shape index (κ3) is 2.75. The van der Waals surface area contributed by atoms with Crippen LogP contribution in [0.15, 0.2) is 17.1 Å². The van der Waals surface area contributed by atoms with E-state index in [0.29, 0.717) is 22.9 Å². The van der Waals surface area contributed by atoms with Crippen LogP contribution in [0.3, 0.4) is 0 Å². The number of hydrogen-bond donors (Lipinski definition) is 0. The van der Waals surface area contributed by atoms with Gasteiger partial charge in [0.2, 0.25) is 0 Å². The van der Waals surface area contributed by atoms with Crippen LogP contribution in [0.1, 0.15) is 12.5 Å². The van der Waals surface area contributed by atoms with Gasteiger partial charge in [0, 0.05) is 11.1 Å². The maximum absolute atomic E-state index is 8.76. The summed E-state index contributed by atoms with van der Waals surface area (Å²) < 4.78 is 4.92. The molecule has 0 aromatic heterocycles. The Kier molecular flexibility index (Phi) is 3.96. The summed E-state index contributed by atoms with van der Waals surface area (Å²) >= 11 is 5.67. The summed E-state index contributed by atoms with van der Waals surface area (Å²) in [6.07, 6.45) is 1.30. The van der Waals surface area contributed by atoms with Crippen molar-refractivity contribution in [2.45, 2.75) is 6.92 Å². The molecule has 1 aromatic carbocycles. The van der Waals surface area contributed by atoms with Crippen molar-refractivity contribution in [2.75, 3.05) is 6.61 Å². The predicted octanol–water partition coefficient (Wildman–Crippen LogP) is 2.71. The number of ether oxygens (including phenoxy) is 1. The maximum Gasteiger partial charge on any atom is 0.174 e. The molecule has 0 heterocycles. The zero-order valence-electron chi connectivity index (χ0n) is 7.62. The number of nitriles is 1. The summed E-state index contributed by atoms with van der Waals surface area (Å²) in [6.45, 7) is 2.40. The Morgan fingerprint density at radius 2 is 2.57 bits per heavy atom. The van der Waals surface area contributed by atoms with E-state index in [-0.39, 0.29) is 0 Å². The normalized spacial score (nSPS) is 10.1. The van der Waals surface area contributed by atoms with Crippen LogP contribution in [-0.4, -0.2) is 13.0 Å². The molecular formula is C10H8ClN2O. The van der Waals surface area contributed by atoms with E-state index in [9.17, 15) is 0 Å². The molecule has 0 fully saturated rings. The fourth-order valence-corrected chi connectivity index (χ4v) is 0.986.